The second-order valence-electron chi connectivity index (χ2n) is 5.71. The minimum atomic E-state index is -4.57. The minimum absolute atomic E-state index is 0.00469. The van der Waals surface area contributed by atoms with E-state index < -0.39 is 17.7 Å². The molecule has 1 aliphatic rings. The molecule has 136 valence electrons. The van der Waals surface area contributed by atoms with Crippen molar-refractivity contribution in [3.8, 4) is 0 Å². The highest BCUT2D eigenvalue weighted by Gasteiger charge is 2.34. The normalized spacial score (nSPS) is 16.6. The maximum Gasteiger partial charge on any atom is 0.418 e. The fourth-order valence-corrected chi connectivity index (χ4v) is 2.73. The Morgan fingerprint density at radius 3 is 2.73 bits per heavy atom. The van der Waals surface area contributed by atoms with E-state index in [1.807, 2.05) is 0 Å². The van der Waals surface area contributed by atoms with Crippen molar-refractivity contribution in [1.82, 2.24) is 0 Å². The molecule has 1 atom stereocenters. The summed E-state index contributed by atoms with van der Waals surface area (Å²) < 4.78 is 39.7. The predicted octanol–water partition coefficient (Wildman–Crippen LogP) is 3.55. The van der Waals surface area contributed by atoms with Crippen LogP contribution in [-0.4, -0.2) is 30.4 Å². The van der Waals surface area contributed by atoms with Crippen LogP contribution in [0.15, 0.2) is 47.5 Å². The Morgan fingerprint density at radius 2 is 2.00 bits per heavy atom. The van der Waals surface area contributed by atoms with Gasteiger partial charge in [0.25, 0.3) is 0 Å². The van der Waals surface area contributed by atoms with Crippen LogP contribution in [0.5, 0.6) is 0 Å². The van der Waals surface area contributed by atoms with Crippen molar-refractivity contribution < 1.29 is 23.1 Å². The quantitative estimate of drug-likeness (QED) is 0.712. The lowest BCUT2D eigenvalue weighted by Crippen LogP contribution is -2.13. The molecule has 0 saturated heterocycles. The van der Waals surface area contributed by atoms with Crippen molar-refractivity contribution in [2.75, 3.05) is 23.8 Å². The van der Waals surface area contributed by atoms with Crippen molar-refractivity contribution in [3.05, 3.63) is 53.6 Å². The number of aliphatic hydroxyl groups excluding tert-OH is 1. The van der Waals surface area contributed by atoms with Crippen LogP contribution in [0.3, 0.4) is 0 Å². The number of anilines is 2. The third-order valence-electron chi connectivity index (χ3n) is 3.94. The molecule has 1 amide bonds. The highest BCUT2D eigenvalue weighted by Crippen LogP contribution is 2.37. The van der Waals surface area contributed by atoms with Crippen LogP contribution in [0.4, 0.5) is 30.2 Å². The number of amides is 1. The van der Waals surface area contributed by atoms with Gasteiger partial charge < -0.3 is 15.7 Å². The first-order valence-electron chi connectivity index (χ1n) is 7.90. The summed E-state index contributed by atoms with van der Waals surface area (Å²) in [4.78, 5) is 16.1. The van der Waals surface area contributed by atoms with Crippen molar-refractivity contribution in [1.29, 1.82) is 0 Å². The fraction of sp³-hybridized carbons (Fsp3) is 0.222. The van der Waals surface area contributed by atoms with Crippen molar-refractivity contribution >= 4 is 29.2 Å². The van der Waals surface area contributed by atoms with Gasteiger partial charge in [0, 0.05) is 24.1 Å². The summed E-state index contributed by atoms with van der Waals surface area (Å²) in [6, 6.07) is 10.7. The number of alkyl halides is 3. The molecule has 0 saturated carbocycles. The van der Waals surface area contributed by atoms with Crippen LogP contribution in [0, 0.1) is 0 Å². The lowest BCUT2D eigenvalue weighted by atomic mass is 10.0. The third-order valence-corrected chi connectivity index (χ3v) is 3.94. The molecule has 0 fully saturated rings. The van der Waals surface area contributed by atoms with Crippen molar-refractivity contribution in [2.24, 2.45) is 4.99 Å². The standard InChI is InChI=1S/C18H16F3N3O2/c19-18(20,21)14-9-11(5-6-16(14)22-7-8-25)23-10-13-12-3-1-2-4-15(12)24-17(13)26/h1-6,9-10,13,22,25H,7-8H2,(H,24,26). The van der Waals surface area contributed by atoms with E-state index >= 15 is 0 Å². The van der Waals surface area contributed by atoms with Crippen molar-refractivity contribution in [2.45, 2.75) is 12.1 Å². The molecule has 26 heavy (non-hydrogen) atoms. The van der Waals surface area contributed by atoms with Crippen LogP contribution >= 0.6 is 0 Å². The number of aliphatic hydroxyl groups is 1. The topological polar surface area (TPSA) is 73.7 Å². The Kier molecular flexibility index (Phi) is 4.94. The van der Waals surface area contributed by atoms with Crippen LogP contribution < -0.4 is 10.6 Å². The van der Waals surface area contributed by atoms with Gasteiger partial charge in [-0.2, -0.15) is 13.2 Å². The van der Waals surface area contributed by atoms with E-state index in [1.165, 1.54) is 18.3 Å². The summed E-state index contributed by atoms with van der Waals surface area (Å²) in [5, 5.41) is 14.0. The second kappa shape index (κ2) is 7.17. The van der Waals surface area contributed by atoms with Gasteiger partial charge >= 0.3 is 6.18 Å². The van der Waals surface area contributed by atoms with E-state index in [9.17, 15) is 18.0 Å². The second-order valence-corrected chi connectivity index (χ2v) is 5.71. The molecular formula is C18H16F3N3O2. The third kappa shape index (κ3) is 3.70. The van der Waals surface area contributed by atoms with Gasteiger partial charge in [-0.05, 0) is 29.8 Å². The molecule has 3 rings (SSSR count). The van der Waals surface area contributed by atoms with Gasteiger partial charge in [-0.3, -0.25) is 9.79 Å². The van der Waals surface area contributed by atoms with E-state index in [0.29, 0.717) is 5.69 Å². The number of hydrogen-bond donors (Lipinski definition) is 3. The number of hydrogen-bond acceptors (Lipinski definition) is 4. The Hall–Kier alpha value is -2.87. The predicted molar refractivity (Wildman–Crippen MR) is 93.0 cm³/mol. The van der Waals surface area contributed by atoms with Gasteiger partial charge in [0.05, 0.1) is 17.9 Å². The molecule has 0 bridgehead atoms. The summed E-state index contributed by atoms with van der Waals surface area (Å²) in [6.07, 6.45) is -3.22. The number of halogens is 3. The molecule has 0 aromatic heterocycles. The Bertz CT molecular complexity index is 850. The number of carbonyl (C=O) groups is 1. The van der Waals surface area contributed by atoms with Gasteiger partial charge in [-0.25, -0.2) is 0 Å². The van der Waals surface area contributed by atoms with Crippen LogP contribution in [-0.2, 0) is 11.0 Å². The number of aliphatic imine (C=N–C) groups is 1. The van der Waals surface area contributed by atoms with E-state index in [-0.39, 0.29) is 30.4 Å². The monoisotopic (exact) mass is 363 g/mol. The number of nitrogens with one attached hydrogen (secondary N) is 2. The number of nitrogens with zero attached hydrogens (tertiary/aromatic N) is 1. The lowest BCUT2D eigenvalue weighted by molar-refractivity contribution is -0.137. The zero-order valence-electron chi connectivity index (χ0n) is 13.5. The fourth-order valence-electron chi connectivity index (χ4n) is 2.73. The minimum Gasteiger partial charge on any atom is -0.395 e. The number of rotatable bonds is 5. The average molecular weight is 363 g/mol. The molecule has 3 N–H and O–H groups in total. The van der Waals surface area contributed by atoms with E-state index in [0.717, 1.165) is 11.6 Å². The molecular weight excluding hydrogens is 347 g/mol. The molecule has 2 aromatic rings. The molecule has 5 nitrogen and oxygen atoms in total. The first kappa shape index (κ1) is 17.9. The molecule has 1 aliphatic heterocycles. The van der Waals surface area contributed by atoms with Crippen LogP contribution in [0.2, 0.25) is 0 Å². The molecule has 1 unspecified atom stereocenters. The summed E-state index contributed by atoms with van der Waals surface area (Å²) >= 11 is 0. The Labute approximate surface area is 147 Å². The van der Waals surface area contributed by atoms with Gasteiger partial charge in [0.1, 0.15) is 5.92 Å². The number of fused-ring (bicyclic) bond motifs is 1. The average Bonchev–Trinajstić information content (AvgIpc) is 2.93. The Morgan fingerprint density at radius 1 is 1.23 bits per heavy atom. The molecule has 2 aromatic carbocycles. The maximum atomic E-state index is 13.2. The zero-order valence-corrected chi connectivity index (χ0v) is 13.5. The number of benzene rings is 2. The SMILES string of the molecule is O=C1Nc2ccccc2C1C=Nc1ccc(NCCO)c(C(F)(F)F)c1. The number of para-hydroxylation sites is 1. The van der Waals surface area contributed by atoms with Gasteiger partial charge in [0.15, 0.2) is 0 Å². The molecule has 0 aliphatic carbocycles. The van der Waals surface area contributed by atoms with Gasteiger partial charge in [-0.15, -0.1) is 0 Å². The summed E-state index contributed by atoms with van der Waals surface area (Å²) in [5.41, 5.74) is 0.488. The van der Waals surface area contributed by atoms with Gasteiger partial charge in [-0.1, -0.05) is 18.2 Å². The zero-order chi connectivity index (χ0) is 18.7. The summed E-state index contributed by atoms with van der Waals surface area (Å²) in [6.45, 7) is -0.280. The summed E-state index contributed by atoms with van der Waals surface area (Å²) in [5.74, 6) is -0.917. The highest BCUT2D eigenvalue weighted by atomic mass is 19.4. The van der Waals surface area contributed by atoms with Crippen LogP contribution in [0.25, 0.3) is 0 Å². The maximum absolute atomic E-state index is 13.2. The molecule has 8 heteroatoms. The first-order chi connectivity index (χ1) is 12.4. The summed E-state index contributed by atoms with van der Waals surface area (Å²) in [7, 11) is 0. The van der Waals surface area contributed by atoms with E-state index in [2.05, 4.69) is 15.6 Å². The van der Waals surface area contributed by atoms with Crippen LogP contribution in [0.1, 0.15) is 17.0 Å². The largest absolute Gasteiger partial charge is 0.418 e. The van der Waals surface area contributed by atoms with E-state index in [1.54, 1.807) is 24.3 Å². The Balaban J connectivity index is 1.88. The molecule has 0 radical (unpaired) electrons. The lowest BCUT2D eigenvalue weighted by Gasteiger charge is -2.14. The van der Waals surface area contributed by atoms with E-state index in [4.69, 9.17) is 5.11 Å². The van der Waals surface area contributed by atoms with Crippen molar-refractivity contribution in [3.63, 3.8) is 0 Å². The number of carbonyl (C=O) groups excluding carboxylic acids is 1. The van der Waals surface area contributed by atoms with Gasteiger partial charge in [0.2, 0.25) is 5.91 Å². The first-order valence-corrected chi connectivity index (χ1v) is 7.90. The smallest absolute Gasteiger partial charge is 0.395 e. The molecule has 1 heterocycles. The molecule has 0 spiro atoms. The highest BCUT2D eigenvalue weighted by molar-refractivity contribution is 6.12.